The largest absolute Gasteiger partial charge is 0.478 e. The Bertz CT molecular complexity index is 1130. The molecule has 35 heavy (non-hydrogen) atoms. The number of carbonyl (C=O) groups is 2. The maximum absolute atomic E-state index is 12.8. The van der Waals surface area contributed by atoms with Gasteiger partial charge in [0.15, 0.2) is 5.82 Å². The Balaban J connectivity index is 1.09. The molecule has 6 rings (SSSR count). The second-order valence-electron chi connectivity index (χ2n) is 10.7. The smallest absolute Gasteiger partial charge is 0.335 e. The Kier molecular flexibility index (Phi) is 5.63. The minimum absolute atomic E-state index is 0.0798. The second-order valence-corrected chi connectivity index (χ2v) is 10.7. The van der Waals surface area contributed by atoms with Crippen molar-refractivity contribution < 1.29 is 14.7 Å². The van der Waals surface area contributed by atoms with Gasteiger partial charge in [-0.3, -0.25) is 9.69 Å². The zero-order valence-electron chi connectivity index (χ0n) is 20.2. The molecule has 2 N–H and O–H groups in total. The van der Waals surface area contributed by atoms with Crippen LogP contribution in [0.25, 0.3) is 0 Å². The van der Waals surface area contributed by atoms with Crippen molar-refractivity contribution in [3.05, 3.63) is 47.7 Å². The van der Waals surface area contributed by atoms with Crippen LogP contribution in [0.15, 0.2) is 36.5 Å². The summed E-state index contributed by atoms with van der Waals surface area (Å²) in [4.78, 5) is 35.8. The van der Waals surface area contributed by atoms with Crippen LogP contribution < -0.4 is 15.1 Å². The minimum Gasteiger partial charge on any atom is -0.478 e. The minimum atomic E-state index is -0.899. The summed E-state index contributed by atoms with van der Waals surface area (Å²) >= 11 is 0. The van der Waals surface area contributed by atoms with Gasteiger partial charge in [-0.2, -0.15) is 0 Å². The van der Waals surface area contributed by atoms with Crippen LogP contribution in [0, 0.1) is 17.8 Å². The van der Waals surface area contributed by atoms with Crippen LogP contribution in [0.5, 0.6) is 0 Å². The summed E-state index contributed by atoms with van der Waals surface area (Å²) in [5.41, 5.74) is 3.34. The zero-order chi connectivity index (χ0) is 24.1. The SMILES string of the molecule is CC1C[C@@H]1C1CC[C@H]2C(=O)Nc3cc(CN4CCN(c5ccc(C(=O)O)cc5)CC4)cnc3N2C1. The predicted molar refractivity (Wildman–Crippen MR) is 135 cm³/mol. The Morgan fingerprint density at radius 1 is 1.14 bits per heavy atom. The maximum atomic E-state index is 12.8. The molecule has 3 aliphatic heterocycles. The first-order valence-corrected chi connectivity index (χ1v) is 12.8. The van der Waals surface area contributed by atoms with Gasteiger partial charge in [-0.15, -0.1) is 0 Å². The number of piperidine rings is 1. The third-order valence-electron chi connectivity index (χ3n) is 8.41. The molecule has 0 spiro atoms. The monoisotopic (exact) mass is 475 g/mol. The van der Waals surface area contributed by atoms with Gasteiger partial charge in [-0.05, 0) is 72.9 Å². The number of nitrogens with one attached hydrogen (secondary N) is 1. The van der Waals surface area contributed by atoms with Gasteiger partial charge >= 0.3 is 5.97 Å². The van der Waals surface area contributed by atoms with Gasteiger partial charge in [0.05, 0.1) is 11.3 Å². The van der Waals surface area contributed by atoms with E-state index in [1.165, 1.54) is 6.42 Å². The average molecular weight is 476 g/mol. The third kappa shape index (κ3) is 4.35. The first-order chi connectivity index (χ1) is 17.0. The number of amides is 1. The second kappa shape index (κ2) is 8.82. The van der Waals surface area contributed by atoms with E-state index in [0.717, 1.165) is 86.7 Å². The van der Waals surface area contributed by atoms with E-state index in [2.05, 4.69) is 33.0 Å². The molecule has 1 aromatic carbocycles. The van der Waals surface area contributed by atoms with E-state index in [-0.39, 0.29) is 11.9 Å². The van der Waals surface area contributed by atoms with Crippen molar-refractivity contribution in [2.75, 3.05) is 47.8 Å². The van der Waals surface area contributed by atoms with Crippen molar-refractivity contribution in [1.29, 1.82) is 0 Å². The fraction of sp³-hybridized carbons (Fsp3) is 0.519. The number of nitrogens with zero attached hydrogens (tertiary/aromatic N) is 4. The fourth-order valence-corrected chi connectivity index (χ4v) is 6.22. The molecule has 3 fully saturated rings. The number of piperazine rings is 1. The molecule has 8 nitrogen and oxygen atoms in total. The number of aromatic nitrogens is 1. The van der Waals surface area contributed by atoms with Crippen molar-refractivity contribution in [2.24, 2.45) is 17.8 Å². The summed E-state index contributed by atoms with van der Waals surface area (Å²) in [6.45, 7) is 7.69. The van der Waals surface area contributed by atoms with Crippen LogP contribution in [-0.4, -0.2) is 65.6 Å². The molecular weight excluding hydrogens is 442 g/mol. The van der Waals surface area contributed by atoms with Gasteiger partial charge in [-0.25, -0.2) is 9.78 Å². The number of aromatic carboxylic acids is 1. The lowest BCUT2D eigenvalue weighted by Gasteiger charge is -2.43. The number of benzene rings is 1. The van der Waals surface area contributed by atoms with E-state index in [1.54, 1.807) is 12.1 Å². The van der Waals surface area contributed by atoms with Crippen LogP contribution in [-0.2, 0) is 11.3 Å². The highest BCUT2D eigenvalue weighted by molar-refractivity contribution is 6.03. The van der Waals surface area contributed by atoms with E-state index in [0.29, 0.717) is 11.5 Å². The molecule has 1 saturated carbocycles. The first-order valence-electron chi connectivity index (χ1n) is 12.8. The quantitative estimate of drug-likeness (QED) is 0.686. The van der Waals surface area contributed by atoms with Crippen LogP contribution in [0.1, 0.15) is 42.1 Å². The molecule has 1 amide bonds. The summed E-state index contributed by atoms with van der Waals surface area (Å²) in [6.07, 6.45) is 5.38. The molecule has 4 heterocycles. The van der Waals surface area contributed by atoms with Crippen molar-refractivity contribution in [3.63, 3.8) is 0 Å². The van der Waals surface area contributed by atoms with Gasteiger partial charge in [-0.1, -0.05) is 6.92 Å². The van der Waals surface area contributed by atoms with E-state index < -0.39 is 5.97 Å². The van der Waals surface area contributed by atoms with Crippen molar-refractivity contribution >= 4 is 29.1 Å². The van der Waals surface area contributed by atoms with Crippen molar-refractivity contribution in [2.45, 2.75) is 38.8 Å². The van der Waals surface area contributed by atoms with E-state index in [4.69, 9.17) is 10.1 Å². The molecule has 184 valence electrons. The lowest BCUT2D eigenvalue weighted by molar-refractivity contribution is -0.118. The number of hydrogen-bond acceptors (Lipinski definition) is 6. The summed E-state index contributed by atoms with van der Waals surface area (Å²) in [5, 5.41) is 12.2. The van der Waals surface area contributed by atoms with Gasteiger partial charge in [0, 0.05) is 51.2 Å². The number of carboxylic acids is 1. The number of hydrogen-bond donors (Lipinski definition) is 2. The molecule has 2 aromatic rings. The highest BCUT2D eigenvalue weighted by atomic mass is 16.4. The van der Waals surface area contributed by atoms with Crippen LogP contribution in [0.4, 0.5) is 17.2 Å². The molecule has 0 bridgehead atoms. The van der Waals surface area contributed by atoms with Crippen LogP contribution in [0.3, 0.4) is 0 Å². The Labute approximate surface area is 205 Å². The standard InChI is InChI=1S/C27H33N5O3/c1-17-12-22(17)20-4-7-24-26(33)29-23-13-18(14-28-25(23)32(24)16-20)15-30-8-10-31(11-9-30)21-5-2-19(3-6-21)27(34)35/h2-3,5-6,13-14,17,20,22,24H,4,7-12,15-16H2,1H3,(H,29,33)(H,34,35)/t17?,20?,22-,24-/m0/s1. The summed E-state index contributed by atoms with van der Waals surface area (Å²) in [5.74, 6) is 2.47. The summed E-state index contributed by atoms with van der Waals surface area (Å²) < 4.78 is 0. The number of pyridine rings is 1. The zero-order valence-corrected chi connectivity index (χ0v) is 20.2. The molecule has 2 unspecified atom stereocenters. The summed E-state index contributed by atoms with van der Waals surface area (Å²) in [6, 6.07) is 9.13. The lowest BCUT2D eigenvalue weighted by Crippen LogP contribution is -2.53. The molecule has 2 saturated heterocycles. The molecule has 1 aromatic heterocycles. The van der Waals surface area contributed by atoms with E-state index in [1.807, 2.05) is 18.3 Å². The first kappa shape index (κ1) is 22.3. The van der Waals surface area contributed by atoms with Crippen LogP contribution in [0.2, 0.25) is 0 Å². The maximum Gasteiger partial charge on any atom is 0.335 e. The Morgan fingerprint density at radius 3 is 2.57 bits per heavy atom. The topological polar surface area (TPSA) is 89.0 Å². The van der Waals surface area contributed by atoms with E-state index >= 15 is 0 Å². The number of anilines is 3. The lowest BCUT2D eigenvalue weighted by atomic mass is 9.87. The molecule has 8 heteroatoms. The number of carboxylic acid groups (broad SMARTS) is 1. The highest BCUT2D eigenvalue weighted by Gasteiger charge is 2.46. The Morgan fingerprint density at radius 2 is 1.89 bits per heavy atom. The molecule has 1 aliphatic carbocycles. The van der Waals surface area contributed by atoms with Gasteiger partial charge < -0.3 is 20.2 Å². The van der Waals surface area contributed by atoms with E-state index in [9.17, 15) is 9.59 Å². The highest BCUT2D eigenvalue weighted by Crippen LogP contribution is 2.49. The van der Waals surface area contributed by atoms with Gasteiger partial charge in [0.25, 0.3) is 0 Å². The number of fused-ring (bicyclic) bond motifs is 3. The normalized spacial score (nSPS) is 28.2. The summed E-state index contributed by atoms with van der Waals surface area (Å²) in [7, 11) is 0. The predicted octanol–water partition coefficient (Wildman–Crippen LogP) is 3.30. The fourth-order valence-electron chi connectivity index (χ4n) is 6.22. The molecule has 4 aliphatic rings. The van der Waals surface area contributed by atoms with Gasteiger partial charge in [0.1, 0.15) is 6.04 Å². The molecule has 0 radical (unpaired) electrons. The molecular formula is C27H33N5O3. The van der Waals surface area contributed by atoms with Crippen LogP contribution >= 0.6 is 0 Å². The van der Waals surface area contributed by atoms with Gasteiger partial charge in [0.2, 0.25) is 5.91 Å². The number of rotatable bonds is 5. The number of carbonyl (C=O) groups excluding carboxylic acids is 1. The molecule has 4 atom stereocenters. The van der Waals surface area contributed by atoms with Crippen molar-refractivity contribution in [1.82, 2.24) is 9.88 Å². The van der Waals surface area contributed by atoms with Crippen molar-refractivity contribution in [3.8, 4) is 0 Å². The average Bonchev–Trinajstić information content (AvgIpc) is 3.61. The Hall–Kier alpha value is -3.13. The third-order valence-corrected chi connectivity index (χ3v) is 8.41.